The number of hydrogen-bond donors (Lipinski definition) is 5. The molecule has 0 saturated heterocycles. The number of sulfonamides is 1. The SMILES string of the molecule is CC(C)CCCS(=O)(=O)NC[C@@H](O)[C@H](Cc1ccccc1)NC(=O)[C@H](CC(N)=O)NC(=O)OCc1ccccc1. The Hall–Kier alpha value is -3.48. The quantitative estimate of drug-likeness (QED) is 0.190. The van der Waals surface area contributed by atoms with Crippen LogP contribution in [0.4, 0.5) is 4.79 Å². The third-order valence-electron chi connectivity index (χ3n) is 6.02. The number of carbonyl (C=O) groups is 3. The molecule has 0 radical (unpaired) electrons. The van der Waals surface area contributed by atoms with Crippen molar-refractivity contribution < 1.29 is 32.6 Å². The first-order valence-corrected chi connectivity index (χ1v) is 14.9. The first kappa shape index (κ1) is 32.7. The highest BCUT2D eigenvalue weighted by atomic mass is 32.2. The van der Waals surface area contributed by atoms with Gasteiger partial charge >= 0.3 is 6.09 Å². The molecular weight excluding hydrogens is 536 g/mol. The molecule has 0 aliphatic rings. The normalized spacial score (nSPS) is 13.7. The average Bonchev–Trinajstić information content (AvgIpc) is 2.90. The molecule has 0 saturated carbocycles. The molecule has 40 heavy (non-hydrogen) atoms. The van der Waals surface area contributed by atoms with Crippen LogP contribution in [0.2, 0.25) is 0 Å². The molecule has 11 nitrogen and oxygen atoms in total. The van der Waals surface area contributed by atoms with Crippen molar-refractivity contribution in [3.63, 3.8) is 0 Å². The maximum atomic E-state index is 13.2. The van der Waals surface area contributed by atoms with Crippen LogP contribution in [-0.2, 0) is 37.4 Å². The van der Waals surface area contributed by atoms with E-state index in [4.69, 9.17) is 10.5 Å². The molecular formula is C28H40N4O7S. The van der Waals surface area contributed by atoms with Gasteiger partial charge in [-0.3, -0.25) is 9.59 Å². The number of carbonyl (C=O) groups excluding carboxylic acids is 3. The van der Waals surface area contributed by atoms with Gasteiger partial charge in [0, 0.05) is 6.54 Å². The lowest BCUT2D eigenvalue weighted by Crippen LogP contribution is -2.55. The van der Waals surface area contributed by atoms with Gasteiger partial charge in [0.1, 0.15) is 12.6 Å². The number of aliphatic hydroxyl groups is 1. The van der Waals surface area contributed by atoms with Gasteiger partial charge in [0.15, 0.2) is 0 Å². The predicted octanol–water partition coefficient (Wildman–Crippen LogP) is 1.60. The second-order valence-electron chi connectivity index (χ2n) is 10.0. The molecule has 3 atom stereocenters. The Morgan fingerprint density at radius 2 is 1.55 bits per heavy atom. The van der Waals surface area contributed by atoms with Crippen molar-refractivity contribution in [2.24, 2.45) is 11.7 Å². The molecule has 0 bridgehead atoms. The average molecular weight is 577 g/mol. The van der Waals surface area contributed by atoms with Gasteiger partial charge in [-0.15, -0.1) is 0 Å². The highest BCUT2D eigenvalue weighted by molar-refractivity contribution is 7.89. The summed E-state index contributed by atoms with van der Waals surface area (Å²) in [5.41, 5.74) is 6.80. The molecule has 0 spiro atoms. The topological polar surface area (TPSA) is 177 Å². The summed E-state index contributed by atoms with van der Waals surface area (Å²) in [6, 6.07) is 15.5. The van der Waals surface area contributed by atoms with Crippen LogP contribution in [0.5, 0.6) is 0 Å². The van der Waals surface area contributed by atoms with E-state index in [0.717, 1.165) is 17.5 Å². The van der Waals surface area contributed by atoms with Gasteiger partial charge in [-0.2, -0.15) is 0 Å². The second kappa shape index (κ2) is 16.6. The number of primary amides is 1. The van der Waals surface area contributed by atoms with E-state index in [1.807, 2.05) is 26.0 Å². The number of nitrogens with two attached hydrogens (primary N) is 1. The van der Waals surface area contributed by atoms with Crippen LogP contribution >= 0.6 is 0 Å². The number of aliphatic hydroxyl groups excluding tert-OH is 1. The van der Waals surface area contributed by atoms with Crippen molar-refractivity contribution in [2.45, 2.75) is 64.3 Å². The fourth-order valence-corrected chi connectivity index (χ4v) is 4.98. The van der Waals surface area contributed by atoms with Crippen LogP contribution in [0.25, 0.3) is 0 Å². The second-order valence-corrected chi connectivity index (χ2v) is 11.9. The lowest BCUT2D eigenvalue weighted by atomic mass is 10.0. The summed E-state index contributed by atoms with van der Waals surface area (Å²) in [5, 5.41) is 15.9. The number of alkyl carbamates (subject to hydrolysis) is 1. The van der Waals surface area contributed by atoms with Gasteiger partial charge in [0.2, 0.25) is 21.8 Å². The van der Waals surface area contributed by atoms with E-state index in [1.54, 1.807) is 48.5 Å². The maximum absolute atomic E-state index is 13.2. The highest BCUT2D eigenvalue weighted by Crippen LogP contribution is 2.09. The van der Waals surface area contributed by atoms with Crippen molar-refractivity contribution in [3.05, 3.63) is 71.8 Å². The summed E-state index contributed by atoms with van der Waals surface area (Å²) in [6.45, 7) is 3.62. The molecule has 2 aromatic carbocycles. The van der Waals surface area contributed by atoms with Gasteiger partial charge < -0.3 is 26.2 Å². The molecule has 0 fully saturated rings. The molecule has 6 N–H and O–H groups in total. The smallest absolute Gasteiger partial charge is 0.408 e. The minimum atomic E-state index is -3.64. The third kappa shape index (κ3) is 13.0. The van der Waals surface area contributed by atoms with Crippen LogP contribution in [-0.4, -0.2) is 61.9 Å². The minimum Gasteiger partial charge on any atom is -0.445 e. The molecule has 0 aliphatic carbocycles. The van der Waals surface area contributed by atoms with Crippen molar-refractivity contribution in [1.82, 2.24) is 15.4 Å². The number of nitrogens with one attached hydrogen (secondary N) is 3. The van der Waals surface area contributed by atoms with E-state index in [1.165, 1.54) is 0 Å². The zero-order chi connectivity index (χ0) is 29.5. The predicted molar refractivity (Wildman–Crippen MR) is 151 cm³/mol. The molecule has 12 heteroatoms. The molecule has 3 amide bonds. The maximum Gasteiger partial charge on any atom is 0.408 e. The first-order valence-electron chi connectivity index (χ1n) is 13.2. The third-order valence-corrected chi connectivity index (χ3v) is 7.46. The summed E-state index contributed by atoms with van der Waals surface area (Å²) in [4.78, 5) is 37.2. The lowest BCUT2D eigenvalue weighted by molar-refractivity contribution is -0.128. The van der Waals surface area contributed by atoms with Crippen LogP contribution in [0.1, 0.15) is 44.2 Å². The monoisotopic (exact) mass is 576 g/mol. The van der Waals surface area contributed by atoms with Crippen LogP contribution in [0.15, 0.2) is 60.7 Å². The minimum absolute atomic E-state index is 0.0513. The number of benzene rings is 2. The van der Waals surface area contributed by atoms with E-state index >= 15 is 0 Å². The number of rotatable bonds is 17. The summed E-state index contributed by atoms with van der Waals surface area (Å²) >= 11 is 0. The lowest BCUT2D eigenvalue weighted by Gasteiger charge is -2.27. The van der Waals surface area contributed by atoms with Gasteiger partial charge in [-0.1, -0.05) is 74.5 Å². The Morgan fingerprint density at radius 1 is 0.950 bits per heavy atom. The molecule has 2 rings (SSSR count). The summed E-state index contributed by atoms with van der Waals surface area (Å²) in [5.74, 6) is -1.33. The zero-order valence-corrected chi connectivity index (χ0v) is 23.7. The number of ether oxygens (including phenoxy) is 1. The Bertz CT molecular complexity index is 1180. The van der Waals surface area contributed by atoms with Gasteiger partial charge in [-0.25, -0.2) is 17.9 Å². The fourth-order valence-electron chi connectivity index (χ4n) is 3.86. The van der Waals surface area contributed by atoms with Crippen LogP contribution in [0.3, 0.4) is 0 Å². The Balaban J connectivity index is 2.08. The molecule has 0 aliphatic heterocycles. The Kier molecular flexibility index (Phi) is 13.6. The summed E-state index contributed by atoms with van der Waals surface area (Å²) < 4.78 is 32.4. The van der Waals surface area contributed by atoms with E-state index in [9.17, 15) is 27.9 Å². The first-order chi connectivity index (χ1) is 18.9. The van der Waals surface area contributed by atoms with E-state index in [0.29, 0.717) is 12.3 Å². The Morgan fingerprint density at radius 3 is 2.12 bits per heavy atom. The Labute approximate surface area is 235 Å². The van der Waals surface area contributed by atoms with Crippen LogP contribution in [0, 0.1) is 5.92 Å². The highest BCUT2D eigenvalue weighted by Gasteiger charge is 2.29. The molecule has 220 valence electrons. The van der Waals surface area contributed by atoms with Gasteiger partial charge in [0.05, 0.1) is 24.3 Å². The van der Waals surface area contributed by atoms with Crippen molar-refractivity contribution in [2.75, 3.05) is 12.3 Å². The number of amides is 3. The zero-order valence-electron chi connectivity index (χ0n) is 22.9. The van der Waals surface area contributed by atoms with Crippen LogP contribution < -0.4 is 21.1 Å². The van der Waals surface area contributed by atoms with E-state index in [2.05, 4.69) is 15.4 Å². The molecule has 0 unspecified atom stereocenters. The number of hydrogen-bond acceptors (Lipinski definition) is 7. The van der Waals surface area contributed by atoms with Crippen molar-refractivity contribution in [1.29, 1.82) is 0 Å². The van der Waals surface area contributed by atoms with Gasteiger partial charge in [0.25, 0.3) is 0 Å². The fraction of sp³-hybridized carbons (Fsp3) is 0.464. The van der Waals surface area contributed by atoms with Crippen molar-refractivity contribution in [3.8, 4) is 0 Å². The largest absolute Gasteiger partial charge is 0.445 e. The molecule has 0 aromatic heterocycles. The standard InChI is InChI=1S/C28H40N4O7S/c1-20(2)10-9-15-40(37,38)30-18-25(33)23(16-21-11-5-3-6-12-21)31-27(35)24(17-26(29)34)32-28(36)39-19-22-13-7-4-8-14-22/h3-8,11-14,20,23-25,30,33H,9-10,15-19H2,1-2H3,(H2,29,34)(H,31,35)(H,32,36)/t23-,24-,25+/m0/s1. The molecule has 2 aromatic rings. The van der Waals surface area contributed by atoms with E-state index < -0.39 is 52.5 Å². The van der Waals surface area contributed by atoms with Crippen molar-refractivity contribution >= 4 is 27.9 Å². The molecule has 0 heterocycles. The summed E-state index contributed by atoms with van der Waals surface area (Å²) in [7, 11) is -3.64. The van der Waals surface area contributed by atoms with Gasteiger partial charge in [-0.05, 0) is 36.3 Å². The van der Waals surface area contributed by atoms with E-state index in [-0.39, 0.29) is 25.3 Å². The summed E-state index contributed by atoms with van der Waals surface area (Å²) in [6.07, 6.45) is -1.37.